The van der Waals surface area contributed by atoms with E-state index in [0.717, 1.165) is 18.0 Å². The molecule has 0 saturated heterocycles. The molecular formula is C11H16BrI3O2. The van der Waals surface area contributed by atoms with Crippen molar-refractivity contribution in [3.8, 4) is 0 Å². The number of rotatable bonds is 8. The number of alkyl halides is 1. The van der Waals surface area contributed by atoms with Crippen LogP contribution >= 0.6 is 83.7 Å². The number of carbonyl (C=O) groups is 1. The molecule has 0 aliphatic heterocycles. The van der Waals surface area contributed by atoms with Crippen LogP contribution in [-0.4, -0.2) is 17.4 Å². The molecule has 0 spiro atoms. The zero-order valence-corrected chi connectivity index (χ0v) is 17.7. The van der Waals surface area contributed by atoms with Crippen LogP contribution in [0.1, 0.15) is 39.0 Å². The van der Waals surface area contributed by atoms with Crippen molar-refractivity contribution in [1.29, 1.82) is 0 Å². The molecule has 0 bridgehead atoms. The van der Waals surface area contributed by atoms with Crippen LogP contribution in [-0.2, 0) is 9.53 Å². The SMILES string of the molecule is CCCCCCC(Br)C(=O)OCC(I)=C(I)I. The van der Waals surface area contributed by atoms with Gasteiger partial charge in [0.05, 0.1) is 1.59 Å². The van der Waals surface area contributed by atoms with Gasteiger partial charge in [-0.2, -0.15) is 0 Å². The van der Waals surface area contributed by atoms with E-state index in [2.05, 4.69) is 90.6 Å². The van der Waals surface area contributed by atoms with Gasteiger partial charge in [-0.25, -0.2) is 0 Å². The second kappa shape index (κ2) is 11.7. The second-order valence-electron chi connectivity index (χ2n) is 3.59. The fourth-order valence-corrected chi connectivity index (χ4v) is 2.07. The van der Waals surface area contributed by atoms with E-state index in [1.165, 1.54) is 19.3 Å². The van der Waals surface area contributed by atoms with Crippen molar-refractivity contribution in [1.82, 2.24) is 0 Å². The van der Waals surface area contributed by atoms with E-state index in [-0.39, 0.29) is 10.8 Å². The van der Waals surface area contributed by atoms with Gasteiger partial charge in [-0.15, -0.1) is 0 Å². The first-order valence-electron chi connectivity index (χ1n) is 5.49. The van der Waals surface area contributed by atoms with Gasteiger partial charge in [0.1, 0.15) is 11.4 Å². The maximum Gasteiger partial charge on any atom is 0.320 e. The van der Waals surface area contributed by atoms with Crippen molar-refractivity contribution in [3.63, 3.8) is 0 Å². The molecule has 0 saturated carbocycles. The summed E-state index contributed by atoms with van der Waals surface area (Å²) in [6.07, 6.45) is 5.59. The third-order valence-corrected chi connectivity index (χ3v) is 7.16. The third kappa shape index (κ3) is 10.3. The van der Waals surface area contributed by atoms with E-state index in [1.54, 1.807) is 0 Å². The van der Waals surface area contributed by atoms with E-state index in [0.29, 0.717) is 6.61 Å². The van der Waals surface area contributed by atoms with Crippen molar-refractivity contribution < 1.29 is 9.53 Å². The van der Waals surface area contributed by atoms with Gasteiger partial charge in [-0.1, -0.05) is 48.5 Å². The summed E-state index contributed by atoms with van der Waals surface area (Å²) in [6.45, 7) is 2.57. The number of ether oxygens (including phenoxy) is 1. The highest BCUT2D eigenvalue weighted by molar-refractivity contribution is 14.2. The average molecular weight is 641 g/mol. The number of hydrogen-bond acceptors (Lipinski definition) is 2. The van der Waals surface area contributed by atoms with Crippen LogP contribution < -0.4 is 0 Å². The smallest absolute Gasteiger partial charge is 0.320 e. The second-order valence-corrected chi connectivity index (χ2v) is 10.2. The predicted molar refractivity (Wildman–Crippen MR) is 102 cm³/mol. The highest BCUT2D eigenvalue weighted by Crippen LogP contribution is 2.25. The lowest BCUT2D eigenvalue weighted by Crippen LogP contribution is -2.18. The fraction of sp³-hybridized carbons (Fsp3) is 0.727. The van der Waals surface area contributed by atoms with Gasteiger partial charge in [0.15, 0.2) is 0 Å². The molecule has 6 heteroatoms. The van der Waals surface area contributed by atoms with Crippen molar-refractivity contribution in [2.75, 3.05) is 6.61 Å². The molecule has 0 aliphatic rings. The zero-order chi connectivity index (χ0) is 13.3. The Morgan fingerprint density at radius 2 is 1.88 bits per heavy atom. The van der Waals surface area contributed by atoms with Gasteiger partial charge in [0, 0.05) is 3.58 Å². The minimum Gasteiger partial charge on any atom is -0.459 e. The van der Waals surface area contributed by atoms with Crippen LogP contribution in [0.25, 0.3) is 0 Å². The molecular weight excluding hydrogens is 625 g/mol. The van der Waals surface area contributed by atoms with Crippen LogP contribution in [0, 0.1) is 0 Å². The Morgan fingerprint density at radius 1 is 1.24 bits per heavy atom. The summed E-state index contributed by atoms with van der Waals surface area (Å²) >= 11 is 10.0. The van der Waals surface area contributed by atoms with Crippen molar-refractivity contribution in [2.24, 2.45) is 0 Å². The standard InChI is InChI=1S/C11H16BrI3O2/c1-2-3-4-5-6-8(12)11(16)17-7-9(13)10(14)15/h8H,2-7H2,1H3. The molecule has 0 fully saturated rings. The van der Waals surface area contributed by atoms with Gasteiger partial charge >= 0.3 is 5.97 Å². The Morgan fingerprint density at radius 3 is 2.41 bits per heavy atom. The van der Waals surface area contributed by atoms with E-state index in [4.69, 9.17) is 4.74 Å². The molecule has 1 atom stereocenters. The van der Waals surface area contributed by atoms with Crippen LogP contribution in [0.3, 0.4) is 0 Å². The lowest BCUT2D eigenvalue weighted by molar-refractivity contribution is -0.141. The molecule has 0 aromatic carbocycles. The maximum atomic E-state index is 11.6. The van der Waals surface area contributed by atoms with Crippen molar-refractivity contribution in [3.05, 3.63) is 5.17 Å². The summed E-state index contributed by atoms with van der Waals surface area (Å²) in [5.74, 6) is -0.148. The minimum absolute atomic E-state index is 0.148. The zero-order valence-electron chi connectivity index (χ0n) is 9.65. The summed E-state index contributed by atoms with van der Waals surface area (Å²) in [7, 11) is 0. The monoisotopic (exact) mass is 640 g/mol. The van der Waals surface area contributed by atoms with Gasteiger partial charge in [-0.05, 0) is 74.2 Å². The normalized spacial score (nSPS) is 12.1. The first kappa shape index (κ1) is 18.9. The molecule has 0 heterocycles. The Hall–Kier alpha value is 1.88. The molecule has 0 aromatic rings. The minimum atomic E-state index is -0.157. The summed E-state index contributed by atoms with van der Waals surface area (Å²) in [5, 5.41) is 0. The molecule has 0 N–H and O–H groups in total. The molecule has 100 valence electrons. The molecule has 1 unspecified atom stereocenters. The predicted octanol–water partition coefficient (Wildman–Crippen LogP) is 5.74. The van der Waals surface area contributed by atoms with Crippen LogP contribution in [0.4, 0.5) is 0 Å². The summed E-state index contributed by atoms with van der Waals surface area (Å²) in [6, 6.07) is 0. The Kier molecular flexibility index (Phi) is 13.0. The van der Waals surface area contributed by atoms with Gasteiger partial charge in [0.25, 0.3) is 0 Å². The molecule has 0 radical (unpaired) electrons. The number of halogens is 4. The van der Waals surface area contributed by atoms with E-state index in [9.17, 15) is 4.79 Å². The quantitative estimate of drug-likeness (QED) is 0.147. The molecule has 0 aliphatic carbocycles. The van der Waals surface area contributed by atoms with Crippen molar-refractivity contribution >= 4 is 89.7 Å². The van der Waals surface area contributed by atoms with Crippen LogP contribution in [0.2, 0.25) is 0 Å². The third-order valence-electron chi connectivity index (χ3n) is 2.11. The number of hydrogen-bond donors (Lipinski definition) is 0. The molecule has 0 rings (SSSR count). The van der Waals surface area contributed by atoms with E-state index >= 15 is 0 Å². The molecule has 0 amide bonds. The fourth-order valence-electron chi connectivity index (χ4n) is 1.15. The lowest BCUT2D eigenvalue weighted by Gasteiger charge is -2.09. The molecule has 2 nitrogen and oxygen atoms in total. The topological polar surface area (TPSA) is 26.3 Å². The van der Waals surface area contributed by atoms with Gasteiger partial charge in [0.2, 0.25) is 0 Å². The Labute approximate surface area is 153 Å². The first-order valence-corrected chi connectivity index (χ1v) is 9.64. The Balaban J connectivity index is 3.79. The highest BCUT2D eigenvalue weighted by Gasteiger charge is 2.16. The van der Waals surface area contributed by atoms with E-state index < -0.39 is 0 Å². The largest absolute Gasteiger partial charge is 0.459 e. The number of carbonyl (C=O) groups excluding carboxylic acids is 1. The van der Waals surface area contributed by atoms with Crippen LogP contribution in [0.15, 0.2) is 5.17 Å². The Bertz CT molecular complexity index is 265. The van der Waals surface area contributed by atoms with Gasteiger partial charge in [-0.3, -0.25) is 4.79 Å². The summed E-state index contributed by atoms with van der Waals surface area (Å²) < 4.78 is 7.44. The molecule has 17 heavy (non-hydrogen) atoms. The van der Waals surface area contributed by atoms with Gasteiger partial charge < -0.3 is 4.74 Å². The highest BCUT2D eigenvalue weighted by atomic mass is 127. The van der Waals surface area contributed by atoms with Crippen LogP contribution in [0.5, 0.6) is 0 Å². The summed E-state index contributed by atoms with van der Waals surface area (Å²) in [5.41, 5.74) is 0. The summed E-state index contributed by atoms with van der Waals surface area (Å²) in [4.78, 5) is 11.5. The van der Waals surface area contributed by atoms with Crippen molar-refractivity contribution in [2.45, 2.75) is 43.9 Å². The first-order chi connectivity index (χ1) is 7.99. The average Bonchev–Trinajstić information content (AvgIpc) is 2.30. The number of esters is 1. The number of unbranched alkanes of at least 4 members (excludes halogenated alkanes) is 3. The van der Waals surface area contributed by atoms with E-state index in [1.807, 2.05) is 0 Å². The molecule has 0 aromatic heterocycles. The lowest BCUT2D eigenvalue weighted by atomic mass is 10.1. The maximum absolute atomic E-state index is 11.6.